The average molecular weight is 379 g/mol. The molecule has 1 atom stereocenters. The van der Waals surface area contributed by atoms with Crippen molar-refractivity contribution in [2.75, 3.05) is 12.4 Å². The summed E-state index contributed by atoms with van der Waals surface area (Å²) in [6.45, 7) is 0. The van der Waals surface area contributed by atoms with Crippen molar-refractivity contribution in [1.29, 1.82) is 0 Å². The zero-order valence-corrected chi connectivity index (χ0v) is 15.4. The highest BCUT2D eigenvalue weighted by Gasteiger charge is 2.35. The molecule has 0 bridgehead atoms. The Labute approximate surface area is 160 Å². The van der Waals surface area contributed by atoms with Crippen LogP contribution in [0.5, 0.6) is 5.75 Å². The highest BCUT2D eigenvalue weighted by molar-refractivity contribution is 7.15. The lowest BCUT2D eigenvalue weighted by Crippen LogP contribution is -2.22. The van der Waals surface area contributed by atoms with Crippen molar-refractivity contribution in [3.05, 3.63) is 69.9 Å². The van der Waals surface area contributed by atoms with Crippen LogP contribution in [-0.2, 0) is 4.79 Å². The largest absolute Gasteiger partial charge is 0.496 e. The Hall–Kier alpha value is -3.12. The molecule has 0 saturated carbocycles. The molecule has 0 fully saturated rings. The van der Waals surface area contributed by atoms with Gasteiger partial charge < -0.3 is 15.2 Å². The molecule has 1 aliphatic heterocycles. The summed E-state index contributed by atoms with van der Waals surface area (Å²) >= 11 is 1.22. The van der Waals surface area contributed by atoms with Crippen LogP contribution >= 0.6 is 11.3 Å². The first-order valence-electron chi connectivity index (χ1n) is 8.48. The van der Waals surface area contributed by atoms with Crippen LogP contribution in [0.4, 0.5) is 5.69 Å². The quantitative estimate of drug-likeness (QED) is 0.695. The zero-order chi connectivity index (χ0) is 19.0. The molecule has 2 heterocycles. The number of carboxylic acids is 1. The summed E-state index contributed by atoms with van der Waals surface area (Å²) in [5, 5.41) is 12.7. The second-order valence-electron chi connectivity index (χ2n) is 6.26. The first-order valence-corrected chi connectivity index (χ1v) is 9.30. The Morgan fingerprint density at radius 1 is 1.15 bits per heavy atom. The number of carbonyl (C=O) groups excluding carboxylic acids is 1. The van der Waals surface area contributed by atoms with E-state index in [1.165, 1.54) is 11.3 Å². The number of amides is 1. The molecular weight excluding hydrogens is 362 g/mol. The number of para-hydroxylation sites is 1. The molecule has 0 unspecified atom stereocenters. The summed E-state index contributed by atoms with van der Waals surface area (Å²) in [5.41, 5.74) is 2.81. The molecule has 136 valence electrons. The molecule has 5 nitrogen and oxygen atoms in total. The highest BCUT2D eigenvalue weighted by Crippen LogP contribution is 2.50. The number of fused-ring (bicyclic) bond motifs is 1. The number of methoxy groups -OCH3 is 1. The van der Waals surface area contributed by atoms with Crippen molar-refractivity contribution in [2.24, 2.45) is 0 Å². The maximum atomic E-state index is 12.5. The first kappa shape index (κ1) is 17.3. The third-order valence-electron chi connectivity index (χ3n) is 4.68. The number of thiophene rings is 1. The van der Waals surface area contributed by atoms with Gasteiger partial charge in [0.2, 0.25) is 5.91 Å². The van der Waals surface area contributed by atoms with E-state index in [4.69, 9.17) is 4.74 Å². The topological polar surface area (TPSA) is 75.6 Å². The number of anilines is 1. The molecule has 4 rings (SSSR count). The average Bonchev–Trinajstić information content (AvgIpc) is 3.07. The van der Waals surface area contributed by atoms with Gasteiger partial charge in [-0.05, 0) is 11.6 Å². The first-order chi connectivity index (χ1) is 13.1. The summed E-state index contributed by atoms with van der Waals surface area (Å²) in [6.07, 6.45) is 0.251. The van der Waals surface area contributed by atoms with Gasteiger partial charge in [0, 0.05) is 28.3 Å². The van der Waals surface area contributed by atoms with E-state index in [9.17, 15) is 14.7 Å². The molecule has 27 heavy (non-hydrogen) atoms. The molecule has 0 spiro atoms. The lowest BCUT2D eigenvalue weighted by molar-refractivity contribution is -0.116. The maximum Gasteiger partial charge on any atom is 0.346 e. The molecular formula is C21H17NO4S. The number of nitrogens with one attached hydrogen (secondary N) is 1. The number of benzene rings is 2. The minimum absolute atomic E-state index is 0.134. The number of hydrogen-bond donors (Lipinski definition) is 2. The normalized spacial score (nSPS) is 15.7. The van der Waals surface area contributed by atoms with Crippen molar-refractivity contribution in [3.8, 4) is 16.9 Å². The van der Waals surface area contributed by atoms with Gasteiger partial charge in [0.25, 0.3) is 0 Å². The van der Waals surface area contributed by atoms with Gasteiger partial charge in [-0.25, -0.2) is 4.79 Å². The van der Waals surface area contributed by atoms with Crippen LogP contribution in [0.15, 0.2) is 54.6 Å². The SMILES string of the molecule is COc1ccccc1[C@@H]1CC(=O)Nc2c1sc(C(=O)O)c2-c1ccccc1. The number of hydrogen-bond acceptors (Lipinski definition) is 4. The number of carbonyl (C=O) groups is 2. The highest BCUT2D eigenvalue weighted by atomic mass is 32.1. The number of aromatic carboxylic acids is 1. The van der Waals surface area contributed by atoms with Crippen LogP contribution < -0.4 is 10.1 Å². The molecule has 0 aliphatic carbocycles. The van der Waals surface area contributed by atoms with Crippen LogP contribution in [0.1, 0.15) is 32.5 Å². The van der Waals surface area contributed by atoms with E-state index in [1.807, 2.05) is 54.6 Å². The number of carboxylic acid groups (broad SMARTS) is 1. The van der Waals surface area contributed by atoms with E-state index in [-0.39, 0.29) is 23.1 Å². The van der Waals surface area contributed by atoms with Crippen molar-refractivity contribution in [2.45, 2.75) is 12.3 Å². The molecule has 1 aliphatic rings. The smallest absolute Gasteiger partial charge is 0.346 e. The third kappa shape index (κ3) is 2.98. The molecule has 1 aromatic heterocycles. The Kier molecular flexibility index (Phi) is 4.41. The molecule has 0 saturated heterocycles. The van der Waals surface area contributed by atoms with Gasteiger partial charge in [0.05, 0.1) is 12.8 Å². The van der Waals surface area contributed by atoms with Gasteiger partial charge in [-0.3, -0.25) is 4.79 Å². The fourth-order valence-electron chi connectivity index (χ4n) is 3.52. The summed E-state index contributed by atoms with van der Waals surface area (Å²) in [7, 11) is 1.59. The summed E-state index contributed by atoms with van der Waals surface area (Å²) in [4.78, 5) is 25.5. The van der Waals surface area contributed by atoms with Gasteiger partial charge in [0.15, 0.2) is 0 Å². The maximum absolute atomic E-state index is 12.5. The van der Waals surface area contributed by atoms with Crippen LogP contribution in [-0.4, -0.2) is 24.1 Å². The molecule has 6 heteroatoms. The van der Waals surface area contributed by atoms with Crippen molar-refractivity contribution in [1.82, 2.24) is 0 Å². The molecule has 2 N–H and O–H groups in total. The van der Waals surface area contributed by atoms with Gasteiger partial charge in [-0.15, -0.1) is 11.3 Å². The number of rotatable bonds is 4. The molecule has 1 amide bonds. The van der Waals surface area contributed by atoms with Crippen molar-refractivity contribution < 1.29 is 19.4 Å². The van der Waals surface area contributed by atoms with Gasteiger partial charge in [-0.2, -0.15) is 0 Å². The fraction of sp³-hybridized carbons (Fsp3) is 0.143. The van der Waals surface area contributed by atoms with Crippen LogP contribution in [0.3, 0.4) is 0 Å². The van der Waals surface area contributed by atoms with Crippen molar-refractivity contribution >= 4 is 28.9 Å². The number of ether oxygens (including phenoxy) is 1. The van der Waals surface area contributed by atoms with Crippen LogP contribution in [0.25, 0.3) is 11.1 Å². The molecule has 2 aromatic carbocycles. The van der Waals surface area contributed by atoms with Gasteiger partial charge >= 0.3 is 5.97 Å². The fourth-order valence-corrected chi connectivity index (χ4v) is 4.76. The molecule has 3 aromatic rings. The van der Waals surface area contributed by atoms with Crippen LogP contribution in [0.2, 0.25) is 0 Å². The minimum Gasteiger partial charge on any atom is -0.496 e. The Morgan fingerprint density at radius 2 is 1.85 bits per heavy atom. The monoisotopic (exact) mass is 379 g/mol. The minimum atomic E-state index is -0.999. The van der Waals surface area contributed by atoms with E-state index < -0.39 is 5.97 Å². The third-order valence-corrected chi connectivity index (χ3v) is 5.97. The second kappa shape index (κ2) is 6.89. The lowest BCUT2D eigenvalue weighted by atomic mass is 9.88. The van der Waals surface area contributed by atoms with Crippen molar-refractivity contribution in [3.63, 3.8) is 0 Å². The van der Waals surface area contributed by atoms with E-state index in [0.29, 0.717) is 17.0 Å². The molecule has 0 radical (unpaired) electrons. The standard InChI is InChI=1S/C21H17NO4S/c1-26-15-10-6-5-9-13(15)14-11-16(23)22-18-17(12-7-3-2-4-8-12)20(21(24)25)27-19(14)18/h2-10,14H,11H2,1H3,(H,22,23)(H,24,25)/t14-/m0/s1. The van der Waals surface area contributed by atoms with Crippen LogP contribution in [0, 0.1) is 0 Å². The Balaban J connectivity index is 1.96. The lowest BCUT2D eigenvalue weighted by Gasteiger charge is -2.25. The van der Waals surface area contributed by atoms with Gasteiger partial charge in [0.1, 0.15) is 10.6 Å². The van der Waals surface area contributed by atoms with Gasteiger partial charge in [-0.1, -0.05) is 48.5 Å². The summed E-state index contributed by atoms with van der Waals surface area (Å²) in [5.74, 6) is -0.688. The predicted octanol–water partition coefficient (Wildman–Crippen LogP) is 4.60. The van der Waals surface area contributed by atoms with E-state index >= 15 is 0 Å². The Morgan fingerprint density at radius 3 is 2.56 bits per heavy atom. The Bertz CT molecular complexity index is 1030. The van der Waals surface area contributed by atoms with E-state index in [0.717, 1.165) is 16.0 Å². The zero-order valence-electron chi connectivity index (χ0n) is 14.6. The van der Waals surface area contributed by atoms with E-state index in [1.54, 1.807) is 7.11 Å². The predicted molar refractivity (Wildman–Crippen MR) is 105 cm³/mol. The second-order valence-corrected chi connectivity index (χ2v) is 7.32. The summed E-state index contributed by atoms with van der Waals surface area (Å²) < 4.78 is 5.47. The van der Waals surface area contributed by atoms with E-state index in [2.05, 4.69) is 5.32 Å². The summed E-state index contributed by atoms with van der Waals surface area (Å²) in [6, 6.07) is 16.8.